The second-order valence-electron chi connectivity index (χ2n) is 8.75. The summed E-state index contributed by atoms with van der Waals surface area (Å²) in [5.41, 5.74) is 7.33. The first kappa shape index (κ1) is 28.0. The Balaban J connectivity index is 1.55. The molecule has 1 fully saturated rings. The standard InChI is InChI=1S/C25H26ClF3N6O2S/c1-14(30)21-22(31)32-23(33-24(21)37-20-8-9-35(10-11-36)13-25(20,28)29)15-2-5-17(6-3-15)34-38-19-12-16(26)4-7-18(19)27/h2-7,12,20,30,34,36H,8-11,13H2,1H3,(H2,31,32,33). The Kier molecular flexibility index (Phi) is 8.66. The first-order chi connectivity index (χ1) is 18.1. The molecule has 0 bridgehead atoms. The molecule has 1 aromatic heterocycles. The number of anilines is 2. The fourth-order valence-electron chi connectivity index (χ4n) is 3.98. The van der Waals surface area contributed by atoms with Crippen LogP contribution in [0.5, 0.6) is 5.88 Å². The number of aromatic nitrogens is 2. The minimum absolute atomic E-state index is 0.00792. The molecule has 8 nitrogen and oxygen atoms in total. The molecule has 13 heteroatoms. The van der Waals surface area contributed by atoms with Crippen molar-refractivity contribution >= 4 is 40.8 Å². The van der Waals surface area contributed by atoms with Crippen molar-refractivity contribution in [3.63, 3.8) is 0 Å². The number of benzene rings is 2. The Morgan fingerprint density at radius 2 is 2.03 bits per heavy atom. The van der Waals surface area contributed by atoms with Crippen molar-refractivity contribution < 1.29 is 23.0 Å². The number of likely N-dealkylation sites (tertiary alicyclic amines) is 1. The summed E-state index contributed by atoms with van der Waals surface area (Å²) < 4.78 is 52.4. The van der Waals surface area contributed by atoms with Gasteiger partial charge in [-0.1, -0.05) is 11.6 Å². The maximum absolute atomic E-state index is 14.9. The first-order valence-electron chi connectivity index (χ1n) is 11.7. The molecular formula is C25H26ClF3N6O2S. The number of hydrogen-bond donors (Lipinski definition) is 4. The van der Waals surface area contributed by atoms with E-state index in [1.807, 2.05) is 0 Å². The van der Waals surface area contributed by atoms with Gasteiger partial charge < -0.3 is 25.7 Å². The second-order valence-corrected chi connectivity index (χ2v) is 10.0. The molecule has 1 unspecified atom stereocenters. The third-order valence-electron chi connectivity index (χ3n) is 5.88. The number of halogens is 4. The highest BCUT2D eigenvalue weighted by atomic mass is 35.5. The van der Waals surface area contributed by atoms with E-state index in [4.69, 9.17) is 32.6 Å². The van der Waals surface area contributed by atoms with Gasteiger partial charge in [0, 0.05) is 41.5 Å². The average Bonchev–Trinajstić information content (AvgIpc) is 2.86. The second kappa shape index (κ2) is 11.8. The number of alkyl halides is 2. The Bertz CT molecular complexity index is 1320. The predicted molar refractivity (Wildman–Crippen MR) is 143 cm³/mol. The molecule has 38 heavy (non-hydrogen) atoms. The molecule has 2 heterocycles. The van der Waals surface area contributed by atoms with Gasteiger partial charge in [-0.2, -0.15) is 4.98 Å². The molecule has 1 aliphatic rings. The maximum atomic E-state index is 14.9. The number of nitrogens with zero attached hydrogens (tertiary/aromatic N) is 3. The van der Waals surface area contributed by atoms with Crippen LogP contribution in [0.3, 0.4) is 0 Å². The van der Waals surface area contributed by atoms with Crippen LogP contribution in [0.15, 0.2) is 47.4 Å². The van der Waals surface area contributed by atoms with Gasteiger partial charge in [0.15, 0.2) is 11.9 Å². The Morgan fingerprint density at radius 3 is 2.68 bits per heavy atom. The van der Waals surface area contributed by atoms with E-state index in [1.54, 1.807) is 24.3 Å². The van der Waals surface area contributed by atoms with Crippen molar-refractivity contribution in [2.75, 3.05) is 36.7 Å². The van der Waals surface area contributed by atoms with Crippen molar-refractivity contribution in [3.8, 4) is 17.3 Å². The van der Waals surface area contributed by atoms with Gasteiger partial charge in [-0.15, -0.1) is 0 Å². The molecule has 1 saturated heterocycles. The van der Waals surface area contributed by atoms with Crippen molar-refractivity contribution in [2.45, 2.75) is 30.3 Å². The van der Waals surface area contributed by atoms with Crippen molar-refractivity contribution in [1.29, 1.82) is 5.41 Å². The van der Waals surface area contributed by atoms with Gasteiger partial charge in [0.2, 0.25) is 5.88 Å². The lowest BCUT2D eigenvalue weighted by Crippen LogP contribution is -2.54. The summed E-state index contributed by atoms with van der Waals surface area (Å²) in [6.07, 6.45) is -1.47. The lowest BCUT2D eigenvalue weighted by atomic mass is 10.0. The zero-order valence-electron chi connectivity index (χ0n) is 20.3. The van der Waals surface area contributed by atoms with E-state index in [1.165, 1.54) is 30.0 Å². The van der Waals surface area contributed by atoms with Crippen LogP contribution in [0.2, 0.25) is 5.02 Å². The van der Waals surface area contributed by atoms with Crippen molar-refractivity contribution in [3.05, 3.63) is 58.9 Å². The molecule has 202 valence electrons. The highest BCUT2D eigenvalue weighted by Crippen LogP contribution is 2.34. The van der Waals surface area contributed by atoms with E-state index >= 15 is 0 Å². The van der Waals surface area contributed by atoms with Gasteiger partial charge in [-0.25, -0.2) is 18.2 Å². The topological polar surface area (TPSA) is 120 Å². The molecule has 3 aromatic rings. The minimum atomic E-state index is -3.20. The lowest BCUT2D eigenvalue weighted by molar-refractivity contribution is -0.141. The van der Waals surface area contributed by atoms with Gasteiger partial charge in [-0.05, 0) is 61.3 Å². The van der Waals surface area contributed by atoms with E-state index in [0.29, 0.717) is 27.7 Å². The number of nitrogen functional groups attached to an aromatic ring is 1. The third-order valence-corrected chi connectivity index (χ3v) is 6.98. The van der Waals surface area contributed by atoms with Crippen LogP contribution in [0.4, 0.5) is 24.7 Å². The van der Waals surface area contributed by atoms with Crippen LogP contribution in [-0.4, -0.2) is 64.0 Å². The highest BCUT2D eigenvalue weighted by Gasteiger charge is 2.46. The summed E-state index contributed by atoms with van der Waals surface area (Å²) >= 11 is 6.99. The van der Waals surface area contributed by atoms with E-state index in [0.717, 1.165) is 11.9 Å². The van der Waals surface area contributed by atoms with Crippen LogP contribution in [-0.2, 0) is 0 Å². The summed E-state index contributed by atoms with van der Waals surface area (Å²) in [5, 5.41) is 17.6. The normalized spacial score (nSPS) is 17.3. The number of rotatable bonds is 9. The first-order valence-corrected chi connectivity index (χ1v) is 12.9. The van der Waals surface area contributed by atoms with Crippen LogP contribution >= 0.6 is 23.5 Å². The number of nitrogens with two attached hydrogens (primary N) is 1. The summed E-state index contributed by atoms with van der Waals surface area (Å²) in [4.78, 5) is 10.4. The number of hydrogen-bond acceptors (Lipinski definition) is 9. The quantitative estimate of drug-likeness (QED) is 0.208. The zero-order chi connectivity index (χ0) is 27.4. The van der Waals surface area contributed by atoms with E-state index in [9.17, 15) is 13.2 Å². The van der Waals surface area contributed by atoms with Gasteiger partial charge in [0.05, 0.1) is 23.6 Å². The van der Waals surface area contributed by atoms with E-state index in [2.05, 4.69) is 14.7 Å². The maximum Gasteiger partial charge on any atom is 0.296 e. The van der Waals surface area contributed by atoms with Gasteiger partial charge in [-0.3, -0.25) is 4.90 Å². The van der Waals surface area contributed by atoms with E-state index in [-0.39, 0.29) is 48.4 Å². The Morgan fingerprint density at radius 1 is 1.29 bits per heavy atom. The highest BCUT2D eigenvalue weighted by molar-refractivity contribution is 8.00. The number of β-amino-alcohol motifs (C(OH)–C–C–N with tert-alkyl or cyclic N) is 1. The fraction of sp³-hybridized carbons (Fsp3) is 0.320. The minimum Gasteiger partial charge on any atom is -0.467 e. The summed E-state index contributed by atoms with van der Waals surface area (Å²) in [6.45, 7) is 1.14. The molecule has 0 radical (unpaired) electrons. The predicted octanol–water partition coefficient (Wildman–Crippen LogP) is 5.11. The van der Waals surface area contributed by atoms with Gasteiger partial charge >= 0.3 is 0 Å². The van der Waals surface area contributed by atoms with E-state index < -0.39 is 24.4 Å². The zero-order valence-corrected chi connectivity index (χ0v) is 21.9. The Labute approximate surface area is 227 Å². The molecule has 0 spiro atoms. The van der Waals surface area contributed by atoms with Gasteiger partial charge in [0.25, 0.3) is 5.92 Å². The van der Waals surface area contributed by atoms with Crippen LogP contribution in [0.1, 0.15) is 18.9 Å². The molecule has 1 atom stereocenters. The van der Waals surface area contributed by atoms with Crippen molar-refractivity contribution in [1.82, 2.24) is 14.9 Å². The Hall–Kier alpha value is -3.06. The monoisotopic (exact) mass is 566 g/mol. The van der Waals surface area contributed by atoms with Crippen LogP contribution < -0.4 is 15.2 Å². The summed E-state index contributed by atoms with van der Waals surface area (Å²) in [5.74, 6) is -3.72. The van der Waals surface area contributed by atoms with Crippen LogP contribution in [0, 0.1) is 11.2 Å². The van der Waals surface area contributed by atoms with Crippen LogP contribution in [0.25, 0.3) is 11.4 Å². The number of aliphatic hydroxyl groups excluding tert-OH is 1. The molecular weight excluding hydrogens is 541 g/mol. The van der Waals surface area contributed by atoms with Crippen molar-refractivity contribution in [2.24, 2.45) is 0 Å². The number of nitrogens with one attached hydrogen (secondary N) is 2. The molecule has 4 rings (SSSR count). The molecule has 0 aliphatic carbocycles. The lowest BCUT2D eigenvalue weighted by Gasteiger charge is -2.37. The molecule has 1 aliphatic heterocycles. The molecule has 2 aromatic carbocycles. The number of ether oxygens (including phenoxy) is 1. The average molecular weight is 567 g/mol. The number of piperidine rings is 1. The van der Waals surface area contributed by atoms with Gasteiger partial charge in [0.1, 0.15) is 11.6 Å². The smallest absolute Gasteiger partial charge is 0.296 e. The SMILES string of the molecule is CC(=N)c1c(N)nc(-c2ccc(NSc3cc(Cl)ccc3F)cc2)nc1OC1CCN(CCO)CC1(F)F. The number of aliphatic hydroxyl groups is 1. The third kappa shape index (κ3) is 6.49. The molecule has 5 N–H and O–H groups in total. The molecule has 0 amide bonds. The summed E-state index contributed by atoms with van der Waals surface area (Å²) in [6, 6.07) is 11.1. The molecule has 0 saturated carbocycles. The largest absolute Gasteiger partial charge is 0.467 e. The summed E-state index contributed by atoms with van der Waals surface area (Å²) in [7, 11) is 0. The fourth-order valence-corrected chi connectivity index (χ4v) is 4.93.